The lowest BCUT2D eigenvalue weighted by Crippen LogP contribution is -2.05. The van der Waals surface area contributed by atoms with Gasteiger partial charge in [-0.2, -0.15) is 0 Å². The quantitative estimate of drug-likeness (QED) is 0.719. The Morgan fingerprint density at radius 2 is 1.85 bits per heavy atom. The molecule has 0 fully saturated rings. The number of fused-ring (bicyclic) bond motifs is 1. The lowest BCUT2D eigenvalue weighted by Gasteiger charge is -2.18. The van der Waals surface area contributed by atoms with Gasteiger partial charge in [-0.25, -0.2) is 4.98 Å². The summed E-state index contributed by atoms with van der Waals surface area (Å²) >= 11 is 0. The highest BCUT2D eigenvalue weighted by molar-refractivity contribution is 7.21. The number of pyridine rings is 1. The second kappa shape index (κ2) is 6.15. The standard InChI is InChI=1S/C18H18NP/c20-12-11-17-10-9-15-7-4-8-16(18(15)19-17)13-14-5-2-1-3-6-14/h1-3,5-6,9-13H,4,7-8,20H2/b12-11+,16-13+. The minimum atomic E-state index is 1.03. The van der Waals surface area contributed by atoms with E-state index in [9.17, 15) is 0 Å². The van der Waals surface area contributed by atoms with E-state index in [0.29, 0.717) is 0 Å². The molecule has 1 atom stereocenters. The molecule has 1 aliphatic rings. The van der Waals surface area contributed by atoms with E-state index in [-0.39, 0.29) is 0 Å². The van der Waals surface area contributed by atoms with Crippen molar-refractivity contribution in [2.45, 2.75) is 19.3 Å². The maximum atomic E-state index is 4.81. The molecule has 0 bridgehead atoms. The molecule has 0 spiro atoms. The van der Waals surface area contributed by atoms with Crippen LogP contribution in [0.1, 0.15) is 35.4 Å². The first kappa shape index (κ1) is 13.3. The van der Waals surface area contributed by atoms with Crippen molar-refractivity contribution in [3.63, 3.8) is 0 Å². The second-order valence-corrected chi connectivity index (χ2v) is 5.42. The van der Waals surface area contributed by atoms with Crippen molar-refractivity contribution in [2.24, 2.45) is 0 Å². The van der Waals surface area contributed by atoms with Crippen LogP contribution < -0.4 is 0 Å². The van der Waals surface area contributed by atoms with Gasteiger partial charge in [-0.3, -0.25) is 0 Å². The maximum absolute atomic E-state index is 4.81. The number of benzene rings is 1. The molecule has 100 valence electrons. The summed E-state index contributed by atoms with van der Waals surface area (Å²) < 4.78 is 0. The van der Waals surface area contributed by atoms with Gasteiger partial charge in [0.1, 0.15) is 0 Å². The van der Waals surface area contributed by atoms with Crippen LogP contribution in [0.25, 0.3) is 17.7 Å². The van der Waals surface area contributed by atoms with Gasteiger partial charge in [0, 0.05) is 0 Å². The van der Waals surface area contributed by atoms with E-state index in [1.807, 2.05) is 11.9 Å². The first-order valence-electron chi connectivity index (χ1n) is 7.01. The fourth-order valence-electron chi connectivity index (χ4n) is 2.65. The zero-order chi connectivity index (χ0) is 13.8. The zero-order valence-corrected chi connectivity index (χ0v) is 12.6. The Morgan fingerprint density at radius 1 is 1.00 bits per heavy atom. The Kier molecular flexibility index (Phi) is 4.08. The summed E-state index contributed by atoms with van der Waals surface area (Å²) in [6.45, 7) is 0. The van der Waals surface area contributed by atoms with Crippen molar-refractivity contribution < 1.29 is 0 Å². The highest BCUT2D eigenvalue weighted by Crippen LogP contribution is 2.31. The summed E-state index contributed by atoms with van der Waals surface area (Å²) in [5.41, 5.74) is 6.19. The predicted molar refractivity (Wildman–Crippen MR) is 90.2 cm³/mol. The minimum Gasteiger partial charge on any atom is -0.248 e. The first-order valence-corrected chi connectivity index (χ1v) is 7.68. The first-order chi connectivity index (χ1) is 9.86. The number of rotatable bonds is 2. The van der Waals surface area contributed by atoms with E-state index in [1.165, 1.54) is 28.8 Å². The van der Waals surface area contributed by atoms with Crippen molar-refractivity contribution in [1.82, 2.24) is 4.98 Å². The maximum Gasteiger partial charge on any atom is 0.0701 e. The Morgan fingerprint density at radius 3 is 2.65 bits per heavy atom. The molecule has 0 amide bonds. The van der Waals surface area contributed by atoms with Crippen LogP contribution in [0.4, 0.5) is 0 Å². The lowest BCUT2D eigenvalue weighted by molar-refractivity contribution is 0.810. The van der Waals surface area contributed by atoms with Crippen LogP contribution in [0.2, 0.25) is 0 Å². The molecule has 1 aromatic carbocycles. The van der Waals surface area contributed by atoms with Crippen LogP contribution in [0.3, 0.4) is 0 Å². The normalized spacial score (nSPS) is 16.6. The molecule has 1 aromatic heterocycles. The molecule has 3 rings (SSSR count). The fraction of sp³-hybridized carbons (Fsp3) is 0.167. The van der Waals surface area contributed by atoms with E-state index in [0.717, 1.165) is 18.5 Å². The molecule has 0 N–H and O–H groups in total. The molecule has 2 aromatic rings. The van der Waals surface area contributed by atoms with E-state index < -0.39 is 0 Å². The van der Waals surface area contributed by atoms with Gasteiger partial charge in [0.2, 0.25) is 0 Å². The third-order valence-corrected chi connectivity index (χ3v) is 3.80. The van der Waals surface area contributed by atoms with E-state index in [1.54, 1.807) is 0 Å². The number of aryl methyl sites for hydroxylation is 1. The van der Waals surface area contributed by atoms with Gasteiger partial charge in [-0.05, 0) is 54.2 Å². The number of hydrogen-bond acceptors (Lipinski definition) is 1. The van der Waals surface area contributed by atoms with Gasteiger partial charge in [-0.1, -0.05) is 42.2 Å². The minimum absolute atomic E-state index is 1.03. The summed E-state index contributed by atoms with van der Waals surface area (Å²) in [4.78, 5) is 4.81. The third-order valence-electron chi connectivity index (χ3n) is 3.60. The topological polar surface area (TPSA) is 12.9 Å². The van der Waals surface area contributed by atoms with Crippen LogP contribution >= 0.6 is 9.24 Å². The molecule has 20 heavy (non-hydrogen) atoms. The van der Waals surface area contributed by atoms with Crippen LogP contribution in [0.15, 0.2) is 48.3 Å². The number of aromatic nitrogens is 1. The van der Waals surface area contributed by atoms with Gasteiger partial charge < -0.3 is 0 Å². The van der Waals surface area contributed by atoms with Gasteiger partial charge in [-0.15, -0.1) is 9.24 Å². The second-order valence-electron chi connectivity index (χ2n) is 5.04. The van der Waals surface area contributed by atoms with E-state index in [4.69, 9.17) is 4.98 Å². The van der Waals surface area contributed by atoms with Crippen LogP contribution in [0.5, 0.6) is 0 Å². The summed E-state index contributed by atoms with van der Waals surface area (Å²) in [6, 6.07) is 14.8. The van der Waals surface area contributed by atoms with Gasteiger partial charge >= 0.3 is 0 Å². The SMILES string of the molecule is P/C=C/c1ccc2c(n1)/C(=C/c1ccccc1)CCC2. The number of hydrogen-bond donors (Lipinski definition) is 0. The molecule has 0 saturated heterocycles. The molecule has 2 heteroatoms. The van der Waals surface area contributed by atoms with Crippen LogP contribution in [-0.2, 0) is 6.42 Å². The van der Waals surface area contributed by atoms with Gasteiger partial charge in [0.25, 0.3) is 0 Å². The fourth-order valence-corrected chi connectivity index (χ4v) is 2.85. The van der Waals surface area contributed by atoms with Crippen LogP contribution in [-0.4, -0.2) is 4.98 Å². The highest BCUT2D eigenvalue weighted by Gasteiger charge is 2.15. The van der Waals surface area contributed by atoms with Crippen molar-refractivity contribution in [3.8, 4) is 0 Å². The Bertz CT molecular complexity index is 656. The zero-order valence-electron chi connectivity index (χ0n) is 11.4. The van der Waals surface area contributed by atoms with E-state index in [2.05, 4.69) is 57.8 Å². The smallest absolute Gasteiger partial charge is 0.0701 e. The highest BCUT2D eigenvalue weighted by atomic mass is 31.0. The summed E-state index contributed by atoms with van der Waals surface area (Å²) in [5.74, 6) is 1.96. The molecule has 1 heterocycles. The Hall–Kier alpha value is -1.72. The van der Waals surface area contributed by atoms with Crippen molar-refractivity contribution in [3.05, 3.63) is 70.8 Å². The molecule has 0 saturated carbocycles. The monoisotopic (exact) mass is 279 g/mol. The average molecular weight is 279 g/mol. The number of nitrogens with zero attached hydrogens (tertiary/aromatic N) is 1. The number of allylic oxidation sites excluding steroid dienone is 1. The Labute approximate surface area is 122 Å². The average Bonchev–Trinajstić information content (AvgIpc) is 2.49. The van der Waals surface area contributed by atoms with E-state index >= 15 is 0 Å². The molecule has 1 aliphatic carbocycles. The lowest BCUT2D eigenvalue weighted by atomic mass is 9.90. The molecular formula is C18H18NP. The van der Waals surface area contributed by atoms with Crippen molar-refractivity contribution in [2.75, 3.05) is 0 Å². The van der Waals surface area contributed by atoms with Gasteiger partial charge in [0.05, 0.1) is 11.4 Å². The van der Waals surface area contributed by atoms with Crippen molar-refractivity contribution >= 4 is 27.0 Å². The molecule has 0 aliphatic heterocycles. The van der Waals surface area contributed by atoms with Gasteiger partial charge in [0.15, 0.2) is 0 Å². The molecule has 0 radical (unpaired) electrons. The molecule has 1 unspecified atom stereocenters. The summed E-state index contributed by atoms with van der Waals surface area (Å²) in [6.07, 6.45) is 7.77. The largest absolute Gasteiger partial charge is 0.248 e. The van der Waals surface area contributed by atoms with Crippen molar-refractivity contribution in [1.29, 1.82) is 0 Å². The molecule has 1 nitrogen and oxygen atoms in total. The third kappa shape index (κ3) is 2.89. The summed E-state index contributed by atoms with van der Waals surface area (Å²) in [5, 5.41) is 0. The predicted octanol–water partition coefficient (Wildman–Crippen LogP) is 4.80. The Balaban J connectivity index is 2.04. The van der Waals surface area contributed by atoms with Crippen LogP contribution in [0, 0.1) is 0 Å². The molecular weight excluding hydrogens is 261 g/mol. The summed E-state index contributed by atoms with van der Waals surface area (Å²) in [7, 11) is 2.60.